The average molecular weight is 483 g/mol. The number of carbonyl (C=O) groups excluding carboxylic acids is 2. The molecule has 36 heavy (non-hydrogen) atoms. The van der Waals surface area contributed by atoms with Gasteiger partial charge in [0.15, 0.2) is 0 Å². The fourth-order valence-electron chi connectivity index (χ4n) is 3.50. The van der Waals surface area contributed by atoms with E-state index in [0.29, 0.717) is 0 Å². The third kappa shape index (κ3) is 7.96. The van der Waals surface area contributed by atoms with Crippen LogP contribution in [0.3, 0.4) is 0 Å². The van der Waals surface area contributed by atoms with E-state index in [-0.39, 0.29) is 21.7 Å². The molecule has 0 atom stereocenters. The van der Waals surface area contributed by atoms with Gasteiger partial charge in [0.05, 0.1) is 0 Å². The molecule has 0 amide bonds. The predicted molar refractivity (Wildman–Crippen MR) is 151 cm³/mol. The van der Waals surface area contributed by atoms with Crippen LogP contribution in [0.4, 0.5) is 0 Å². The molecule has 0 fully saturated rings. The third-order valence-corrected chi connectivity index (χ3v) is 6.18. The van der Waals surface area contributed by atoms with Crippen molar-refractivity contribution in [2.75, 3.05) is 0 Å². The molecule has 0 N–H and O–H groups in total. The molecule has 0 saturated carbocycles. The lowest BCUT2D eigenvalue weighted by molar-refractivity contribution is -0.129. The highest BCUT2D eigenvalue weighted by molar-refractivity contribution is 6.49. The van der Waals surface area contributed by atoms with Crippen LogP contribution in [0.1, 0.15) is 116 Å². The van der Waals surface area contributed by atoms with E-state index >= 15 is 0 Å². The summed E-state index contributed by atoms with van der Waals surface area (Å²) in [4.78, 5) is 25.1. The van der Waals surface area contributed by atoms with Gasteiger partial charge in [-0.05, 0) is 80.0 Å². The predicted octanol–water partition coefficient (Wildman–Crippen LogP) is 7.42. The Kier molecular flexibility index (Phi) is 8.18. The van der Waals surface area contributed by atoms with Gasteiger partial charge in [-0.15, -0.1) is 0 Å². The molecule has 190 valence electrons. The number of hydrogen-bond donors (Lipinski definition) is 0. The van der Waals surface area contributed by atoms with Gasteiger partial charge in [0.2, 0.25) is 0 Å². The summed E-state index contributed by atoms with van der Waals surface area (Å²) in [6, 6.07) is 12.4. The summed E-state index contributed by atoms with van der Waals surface area (Å²) in [5.74, 6) is 9.31. The first-order valence-electron chi connectivity index (χ1n) is 12.6. The molecule has 0 spiro atoms. The van der Waals surface area contributed by atoms with Crippen molar-refractivity contribution in [2.24, 2.45) is 0 Å². The second-order valence-electron chi connectivity index (χ2n) is 13.8. The number of hydrogen-bond acceptors (Lipinski definition) is 2. The maximum atomic E-state index is 12.5. The van der Waals surface area contributed by atoms with Gasteiger partial charge in [-0.3, -0.25) is 9.59 Å². The van der Waals surface area contributed by atoms with Crippen molar-refractivity contribution < 1.29 is 9.59 Å². The number of carbonyl (C=O) groups is 2. The smallest absolute Gasteiger partial charge is 0.275 e. The zero-order chi connectivity index (χ0) is 27.7. The van der Waals surface area contributed by atoms with Crippen LogP contribution >= 0.6 is 0 Å². The maximum absolute atomic E-state index is 12.5. The lowest BCUT2D eigenvalue weighted by atomic mass is 9.79. The maximum Gasteiger partial charge on any atom is 0.285 e. The number of Topliss-reactive ketones (excluding diaryl/α,β-unsaturated/α-hetero) is 2. The van der Waals surface area contributed by atoms with E-state index in [1.807, 2.05) is 24.3 Å². The summed E-state index contributed by atoms with van der Waals surface area (Å²) >= 11 is 0. The van der Waals surface area contributed by atoms with Crippen molar-refractivity contribution in [1.82, 2.24) is 0 Å². The topological polar surface area (TPSA) is 34.1 Å². The van der Waals surface area contributed by atoms with Crippen molar-refractivity contribution in [1.29, 1.82) is 0 Å². The van der Waals surface area contributed by atoms with Crippen LogP contribution in [0.2, 0.25) is 0 Å². The Balaban J connectivity index is 2.40. The minimum Gasteiger partial charge on any atom is -0.275 e. The highest BCUT2D eigenvalue weighted by Crippen LogP contribution is 2.31. The summed E-state index contributed by atoms with van der Waals surface area (Å²) in [6.45, 7) is 25.8. The monoisotopic (exact) mass is 482 g/mol. The van der Waals surface area contributed by atoms with E-state index in [2.05, 4.69) is 119 Å². The number of ketones is 2. The van der Waals surface area contributed by atoms with Gasteiger partial charge in [-0.2, -0.15) is 0 Å². The quantitative estimate of drug-likeness (QED) is 0.313. The van der Waals surface area contributed by atoms with Crippen LogP contribution < -0.4 is 0 Å². The normalized spacial score (nSPS) is 12.2. The molecular weight excluding hydrogens is 440 g/mol. The zero-order valence-electron chi connectivity index (χ0n) is 24.3. The Morgan fingerprint density at radius 2 is 0.667 bits per heavy atom. The summed E-state index contributed by atoms with van der Waals surface area (Å²) in [7, 11) is 0. The molecule has 0 aliphatic carbocycles. The molecule has 0 bridgehead atoms. The van der Waals surface area contributed by atoms with Gasteiger partial charge >= 0.3 is 0 Å². The highest BCUT2D eigenvalue weighted by Gasteiger charge is 2.21. The summed E-state index contributed by atoms with van der Waals surface area (Å²) in [6.07, 6.45) is 0. The molecule has 0 saturated heterocycles. The van der Waals surface area contributed by atoms with E-state index < -0.39 is 11.6 Å². The molecule has 0 heterocycles. The molecule has 0 radical (unpaired) electrons. The summed E-state index contributed by atoms with van der Waals surface area (Å²) in [5, 5.41) is 0. The second-order valence-corrected chi connectivity index (χ2v) is 13.8. The van der Waals surface area contributed by atoms with Crippen molar-refractivity contribution >= 4 is 11.6 Å². The van der Waals surface area contributed by atoms with Crippen LogP contribution in [0.5, 0.6) is 0 Å². The molecule has 0 unspecified atom stereocenters. The van der Waals surface area contributed by atoms with Crippen LogP contribution in [0.15, 0.2) is 36.4 Å². The molecule has 2 nitrogen and oxygen atoms in total. The van der Waals surface area contributed by atoms with Crippen LogP contribution in [-0.2, 0) is 31.2 Å². The lowest BCUT2D eigenvalue weighted by Crippen LogP contribution is -2.17. The fraction of sp³-hybridized carbons (Fsp3) is 0.471. The zero-order valence-corrected chi connectivity index (χ0v) is 24.3. The van der Waals surface area contributed by atoms with Crippen LogP contribution in [0, 0.1) is 23.7 Å². The van der Waals surface area contributed by atoms with Crippen LogP contribution in [-0.4, -0.2) is 11.6 Å². The Labute approximate surface area is 219 Å². The van der Waals surface area contributed by atoms with Crippen molar-refractivity contribution in [3.63, 3.8) is 0 Å². The van der Waals surface area contributed by atoms with Crippen molar-refractivity contribution in [2.45, 2.75) is 105 Å². The fourth-order valence-corrected chi connectivity index (χ4v) is 3.50. The minimum atomic E-state index is -0.788. The Bertz CT molecular complexity index is 1120. The summed E-state index contributed by atoms with van der Waals surface area (Å²) < 4.78 is 0. The van der Waals surface area contributed by atoms with Gasteiger partial charge in [0, 0.05) is 11.1 Å². The standard InChI is InChI=1S/C34H42O2/c1-31(2,3)25-17-23(18-26(21-25)32(4,5)6)13-15-29(35)30(36)16-14-24-19-27(33(7,8)9)22-28(20-24)34(10,11)12/h17-22H,1-12H3. The van der Waals surface area contributed by atoms with Gasteiger partial charge in [0.1, 0.15) is 0 Å². The molecule has 0 aromatic heterocycles. The Hall–Kier alpha value is -3.10. The number of rotatable bonds is 1. The van der Waals surface area contributed by atoms with E-state index in [9.17, 15) is 9.59 Å². The van der Waals surface area contributed by atoms with Crippen molar-refractivity contribution in [3.8, 4) is 23.7 Å². The van der Waals surface area contributed by atoms with Gasteiger partial charge in [-0.25, -0.2) is 0 Å². The average Bonchev–Trinajstić information content (AvgIpc) is 2.72. The number of benzene rings is 2. The van der Waals surface area contributed by atoms with Crippen LogP contribution in [0.25, 0.3) is 0 Å². The van der Waals surface area contributed by atoms with E-state index in [0.717, 1.165) is 33.4 Å². The molecular formula is C34H42O2. The molecule has 2 heteroatoms. The third-order valence-electron chi connectivity index (χ3n) is 6.18. The second kappa shape index (κ2) is 10.1. The SMILES string of the molecule is CC(C)(C)c1cc(C#CC(=O)C(=O)C#Cc2cc(C(C)(C)C)cc(C(C)(C)C)c2)cc(C(C)(C)C)c1. The minimum absolute atomic E-state index is 0.0590. The first kappa shape index (κ1) is 29.1. The largest absolute Gasteiger partial charge is 0.285 e. The summed E-state index contributed by atoms with van der Waals surface area (Å²) in [5.41, 5.74) is 5.80. The molecule has 2 rings (SSSR count). The lowest BCUT2D eigenvalue weighted by Gasteiger charge is -2.25. The van der Waals surface area contributed by atoms with Gasteiger partial charge < -0.3 is 0 Å². The highest BCUT2D eigenvalue weighted by atomic mass is 16.2. The van der Waals surface area contributed by atoms with E-state index in [4.69, 9.17) is 0 Å². The Morgan fingerprint density at radius 1 is 0.444 bits per heavy atom. The van der Waals surface area contributed by atoms with E-state index in [1.54, 1.807) is 0 Å². The van der Waals surface area contributed by atoms with Gasteiger partial charge in [-0.1, -0.05) is 107 Å². The molecule has 0 aliphatic rings. The van der Waals surface area contributed by atoms with Crippen molar-refractivity contribution in [3.05, 3.63) is 69.8 Å². The first-order valence-corrected chi connectivity index (χ1v) is 12.6. The Morgan fingerprint density at radius 3 is 0.861 bits per heavy atom. The van der Waals surface area contributed by atoms with Gasteiger partial charge in [0.25, 0.3) is 11.6 Å². The molecule has 0 aliphatic heterocycles. The van der Waals surface area contributed by atoms with E-state index in [1.165, 1.54) is 0 Å². The molecule has 2 aromatic carbocycles. The molecule has 2 aromatic rings. The first-order chi connectivity index (χ1) is 16.2.